The van der Waals surface area contributed by atoms with Crippen LogP contribution in [0.15, 0.2) is 18.2 Å². The monoisotopic (exact) mass is 277 g/mol. The molecule has 1 aliphatic heterocycles. The second kappa shape index (κ2) is 4.83. The minimum absolute atomic E-state index is 0.218. The number of H-pyrrole nitrogens is 1. The molecule has 1 saturated heterocycles. The van der Waals surface area contributed by atoms with E-state index in [0.717, 1.165) is 36.5 Å². The number of hydrogen-bond donors (Lipinski definition) is 2. The van der Waals surface area contributed by atoms with Gasteiger partial charge in [0, 0.05) is 29.7 Å². The topological polar surface area (TPSA) is 70.8 Å². The summed E-state index contributed by atoms with van der Waals surface area (Å²) < 4.78 is 0. The third kappa shape index (κ3) is 2.57. The maximum atomic E-state index is 6.06. The van der Waals surface area contributed by atoms with Crippen LogP contribution in [0.2, 0.25) is 5.02 Å². The number of nitrogens with zero attached hydrogens (tertiary/aromatic N) is 3. The smallest absolute Gasteiger partial charge is 0.245 e. The molecule has 6 heteroatoms. The molecule has 0 radical (unpaired) electrons. The minimum Gasteiger partial charge on any atom is -0.338 e. The first-order valence-corrected chi connectivity index (χ1v) is 6.70. The maximum absolute atomic E-state index is 6.06. The van der Waals surface area contributed by atoms with Gasteiger partial charge in [-0.2, -0.15) is 4.98 Å². The van der Waals surface area contributed by atoms with Gasteiger partial charge >= 0.3 is 0 Å². The van der Waals surface area contributed by atoms with E-state index in [1.165, 1.54) is 0 Å². The lowest BCUT2D eigenvalue weighted by Crippen LogP contribution is -2.26. The molecule has 0 aliphatic carbocycles. The Balaban J connectivity index is 1.88. The lowest BCUT2D eigenvalue weighted by Gasteiger charge is -2.11. The van der Waals surface area contributed by atoms with Crippen LogP contribution in [0.1, 0.15) is 12.0 Å². The fourth-order valence-corrected chi connectivity index (χ4v) is 2.66. The number of nitrogens with two attached hydrogens (primary N) is 1. The van der Waals surface area contributed by atoms with Crippen molar-refractivity contribution in [2.45, 2.75) is 19.4 Å². The zero-order chi connectivity index (χ0) is 13.4. The van der Waals surface area contributed by atoms with Crippen molar-refractivity contribution in [1.29, 1.82) is 0 Å². The molecule has 100 valence electrons. The summed E-state index contributed by atoms with van der Waals surface area (Å²) in [5, 5.41) is 7.93. The highest BCUT2D eigenvalue weighted by atomic mass is 35.5. The van der Waals surface area contributed by atoms with E-state index in [2.05, 4.69) is 20.1 Å². The van der Waals surface area contributed by atoms with E-state index in [1.807, 2.05) is 25.1 Å². The number of benzene rings is 1. The zero-order valence-corrected chi connectivity index (χ0v) is 11.5. The van der Waals surface area contributed by atoms with Gasteiger partial charge in [-0.3, -0.25) is 5.10 Å². The summed E-state index contributed by atoms with van der Waals surface area (Å²) in [6, 6.07) is 6.05. The molecule has 1 fully saturated rings. The molecule has 1 unspecified atom stereocenters. The van der Waals surface area contributed by atoms with Gasteiger partial charge in [0.1, 0.15) is 0 Å². The summed E-state index contributed by atoms with van der Waals surface area (Å²) in [4.78, 5) is 6.62. The van der Waals surface area contributed by atoms with Crippen LogP contribution in [0.5, 0.6) is 0 Å². The molecule has 0 spiro atoms. The third-order valence-corrected chi connectivity index (χ3v) is 3.51. The summed E-state index contributed by atoms with van der Waals surface area (Å²) in [5.41, 5.74) is 7.95. The van der Waals surface area contributed by atoms with Gasteiger partial charge in [-0.05, 0) is 37.1 Å². The van der Waals surface area contributed by atoms with Crippen LogP contribution < -0.4 is 10.6 Å². The Kier molecular flexibility index (Phi) is 3.16. The number of halogens is 1. The van der Waals surface area contributed by atoms with Gasteiger partial charge in [0.25, 0.3) is 0 Å². The predicted molar refractivity (Wildman–Crippen MR) is 76.4 cm³/mol. The zero-order valence-electron chi connectivity index (χ0n) is 10.7. The van der Waals surface area contributed by atoms with Crippen molar-refractivity contribution in [2.75, 3.05) is 18.0 Å². The number of aromatic amines is 1. The van der Waals surface area contributed by atoms with E-state index < -0.39 is 0 Å². The van der Waals surface area contributed by atoms with Gasteiger partial charge in [0.2, 0.25) is 5.95 Å². The first kappa shape index (κ1) is 12.4. The molecule has 1 aromatic heterocycles. The number of aryl methyl sites for hydroxylation is 1. The SMILES string of the molecule is Cc1cc(Cl)cc(-c2nc(N3CCC(N)C3)n[nH]2)c1. The van der Waals surface area contributed by atoms with Crippen LogP contribution in [0.4, 0.5) is 5.95 Å². The summed E-state index contributed by atoms with van der Waals surface area (Å²) in [7, 11) is 0. The average molecular weight is 278 g/mol. The molecule has 3 N–H and O–H groups in total. The highest BCUT2D eigenvalue weighted by Gasteiger charge is 2.22. The molecule has 5 nitrogen and oxygen atoms in total. The van der Waals surface area contributed by atoms with Crippen molar-refractivity contribution in [3.8, 4) is 11.4 Å². The number of aromatic nitrogens is 3. The second-order valence-corrected chi connectivity index (χ2v) is 5.43. The lowest BCUT2D eigenvalue weighted by atomic mass is 10.1. The summed E-state index contributed by atoms with van der Waals surface area (Å²) in [6.45, 7) is 3.73. The highest BCUT2D eigenvalue weighted by molar-refractivity contribution is 6.30. The molecule has 1 aromatic carbocycles. The van der Waals surface area contributed by atoms with Crippen LogP contribution in [0, 0.1) is 6.92 Å². The van der Waals surface area contributed by atoms with Gasteiger partial charge in [0.15, 0.2) is 5.82 Å². The van der Waals surface area contributed by atoms with E-state index in [-0.39, 0.29) is 6.04 Å². The van der Waals surface area contributed by atoms with Crippen molar-refractivity contribution in [3.63, 3.8) is 0 Å². The molecular formula is C13H16ClN5. The van der Waals surface area contributed by atoms with Crippen LogP contribution in [0.3, 0.4) is 0 Å². The van der Waals surface area contributed by atoms with Gasteiger partial charge < -0.3 is 10.6 Å². The third-order valence-electron chi connectivity index (χ3n) is 3.30. The fourth-order valence-electron chi connectivity index (χ4n) is 2.37. The Morgan fingerprint density at radius 3 is 2.95 bits per heavy atom. The minimum atomic E-state index is 0.218. The fraction of sp³-hybridized carbons (Fsp3) is 0.385. The van der Waals surface area contributed by atoms with Gasteiger partial charge in [-0.25, -0.2) is 0 Å². The molecule has 0 bridgehead atoms. The van der Waals surface area contributed by atoms with E-state index in [0.29, 0.717) is 11.0 Å². The van der Waals surface area contributed by atoms with E-state index in [9.17, 15) is 0 Å². The molecule has 0 amide bonds. The Morgan fingerprint density at radius 2 is 2.26 bits per heavy atom. The van der Waals surface area contributed by atoms with Crippen LogP contribution in [-0.2, 0) is 0 Å². The van der Waals surface area contributed by atoms with Crippen molar-refractivity contribution >= 4 is 17.5 Å². The quantitative estimate of drug-likeness (QED) is 0.880. The second-order valence-electron chi connectivity index (χ2n) is 5.00. The summed E-state index contributed by atoms with van der Waals surface area (Å²) in [5.74, 6) is 1.45. The summed E-state index contributed by atoms with van der Waals surface area (Å²) >= 11 is 6.06. The van der Waals surface area contributed by atoms with Crippen molar-refractivity contribution in [1.82, 2.24) is 15.2 Å². The van der Waals surface area contributed by atoms with Crippen LogP contribution >= 0.6 is 11.6 Å². The standard InChI is InChI=1S/C13H16ClN5/c1-8-4-9(6-10(14)5-8)12-16-13(18-17-12)19-3-2-11(15)7-19/h4-6,11H,2-3,7,15H2,1H3,(H,16,17,18). The van der Waals surface area contributed by atoms with Gasteiger partial charge in [-0.15, -0.1) is 5.10 Å². The average Bonchev–Trinajstić information content (AvgIpc) is 2.95. The first-order chi connectivity index (χ1) is 9.11. The normalized spacial score (nSPS) is 19.1. The molecule has 1 aliphatic rings. The van der Waals surface area contributed by atoms with Crippen molar-refractivity contribution in [2.24, 2.45) is 5.73 Å². The maximum Gasteiger partial charge on any atom is 0.245 e. The van der Waals surface area contributed by atoms with Gasteiger partial charge in [-0.1, -0.05) is 11.6 Å². The largest absolute Gasteiger partial charge is 0.338 e. The Labute approximate surface area is 116 Å². The molecule has 3 rings (SSSR count). The Morgan fingerprint density at radius 1 is 1.42 bits per heavy atom. The molecule has 2 heterocycles. The van der Waals surface area contributed by atoms with Crippen molar-refractivity contribution in [3.05, 3.63) is 28.8 Å². The number of rotatable bonds is 2. The van der Waals surface area contributed by atoms with Crippen molar-refractivity contribution < 1.29 is 0 Å². The Bertz CT molecular complexity index is 574. The molecule has 19 heavy (non-hydrogen) atoms. The van der Waals surface area contributed by atoms with Crippen LogP contribution in [0.25, 0.3) is 11.4 Å². The first-order valence-electron chi connectivity index (χ1n) is 6.32. The Hall–Kier alpha value is -1.59. The van der Waals surface area contributed by atoms with E-state index >= 15 is 0 Å². The molecule has 2 aromatic rings. The lowest BCUT2D eigenvalue weighted by molar-refractivity contribution is 0.750. The van der Waals surface area contributed by atoms with E-state index in [4.69, 9.17) is 17.3 Å². The number of anilines is 1. The van der Waals surface area contributed by atoms with Gasteiger partial charge in [0.05, 0.1) is 0 Å². The van der Waals surface area contributed by atoms with Crippen LogP contribution in [-0.4, -0.2) is 34.3 Å². The summed E-state index contributed by atoms with van der Waals surface area (Å²) in [6.07, 6.45) is 0.986. The highest BCUT2D eigenvalue weighted by Crippen LogP contribution is 2.24. The molecule has 1 atom stereocenters. The van der Waals surface area contributed by atoms with E-state index in [1.54, 1.807) is 0 Å². The number of nitrogens with one attached hydrogen (secondary N) is 1. The predicted octanol–water partition coefficient (Wildman–Crippen LogP) is 1.97. The molecular weight excluding hydrogens is 262 g/mol. The molecule has 0 saturated carbocycles. The number of hydrogen-bond acceptors (Lipinski definition) is 4.